The molecule has 0 spiro atoms. The summed E-state index contributed by atoms with van der Waals surface area (Å²) in [6.45, 7) is 3.65. The Hall–Kier alpha value is -2.73. The largest absolute Gasteiger partial charge is 0.481 e. The van der Waals surface area contributed by atoms with Crippen LogP contribution in [0.4, 0.5) is 5.13 Å². The van der Waals surface area contributed by atoms with Gasteiger partial charge in [-0.3, -0.25) is 10.1 Å². The summed E-state index contributed by atoms with van der Waals surface area (Å²) in [6, 6.07) is 17.3. The zero-order valence-corrected chi connectivity index (χ0v) is 14.2. The molecule has 0 bridgehead atoms. The van der Waals surface area contributed by atoms with Crippen molar-refractivity contribution in [2.75, 3.05) is 5.32 Å². The van der Waals surface area contributed by atoms with Gasteiger partial charge in [0.25, 0.3) is 5.91 Å². The number of nitrogens with zero attached hydrogens (tertiary/aromatic N) is 2. The molecule has 0 radical (unpaired) electrons. The lowest BCUT2D eigenvalue weighted by Crippen LogP contribution is -2.30. The molecule has 1 amide bonds. The highest BCUT2D eigenvalue weighted by molar-refractivity contribution is 7.18. The van der Waals surface area contributed by atoms with Crippen LogP contribution in [0.25, 0.3) is 10.6 Å². The fraction of sp³-hybridized carbons (Fsp3) is 0.167. The Balaban J connectivity index is 1.65. The second kappa shape index (κ2) is 7.23. The van der Waals surface area contributed by atoms with Crippen molar-refractivity contribution in [1.82, 2.24) is 10.2 Å². The fourth-order valence-electron chi connectivity index (χ4n) is 2.11. The first-order chi connectivity index (χ1) is 11.6. The van der Waals surface area contributed by atoms with Crippen LogP contribution in [0.2, 0.25) is 0 Å². The van der Waals surface area contributed by atoms with Crippen LogP contribution in [-0.4, -0.2) is 22.2 Å². The molecule has 0 fully saturated rings. The summed E-state index contributed by atoms with van der Waals surface area (Å²) in [5.74, 6) is 0.441. The van der Waals surface area contributed by atoms with E-state index < -0.39 is 6.10 Å². The molecular formula is C18H17N3O2S. The molecule has 1 atom stereocenters. The topological polar surface area (TPSA) is 64.1 Å². The van der Waals surface area contributed by atoms with E-state index in [4.69, 9.17) is 4.74 Å². The molecular weight excluding hydrogens is 322 g/mol. The third kappa shape index (κ3) is 3.78. The highest BCUT2D eigenvalue weighted by atomic mass is 32.1. The third-order valence-electron chi connectivity index (χ3n) is 3.44. The number of amides is 1. The van der Waals surface area contributed by atoms with Gasteiger partial charge in [-0.2, -0.15) is 0 Å². The smallest absolute Gasteiger partial charge is 0.266 e. The Morgan fingerprint density at radius 3 is 2.54 bits per heavy atom. The number of hydrogen-bond donors (Lipinski definition) is 1. The monoisotopic (exact) mass is 339 g/mol. The molecule has 2 aromatic carbocycles. The number of aryl methyl sites for hydroxylation is 1. The second-order valence-electron chi connectivity index (χ2n) is 5.29. The second-order valence-corrected chi connectivity index (χ2v) is 6.27. The summed E-state index contributed by atoms with van der Waals surface area (Å²) in [4.78, 5) is 12.3. The highest BCUT2D eigenvalue weighted by Gasteiger charge is 2.18. The number of rotatable bonds is 5. The van der Waals surface area contributed by atoms with Crippen LogP contribution in [-0.2, 0) is 4.79 Å². The van der Waals surface area contributed by atoms with Crippen molar-refractivity contribution in [1.29, 1.82) is 0 Å². The van der Waals surface area contributed by atoms with Gasteiger partial charge >= 0.3 is 0 Å². The summed E-state index contributed by atoms with van der Waals surface area (Å²) < 4.78 is 5.71. The molecule has 24 heavy (non-hydrogen) atoms. The maximum absolute atomic E-state index is 12.3. The molecule has 6 heteroatoms. The van der Waals surface area contributed by atoms with Crippen LogP contribution in [0.3, 0.4) is 0 Å². The van der Waals surface area contributed by atoms with Gasteiger partial charge in [-0.15, -0.1) is 10.2 Å². The number of ether oxygens (including phenoxy) is 1. The van der Waals surface area contributed by atoms with E-state index in [1.807, 2.05) is 61.5 Å². The van der Waals surface area contributed by atoms with Crippen molar-refractivity contribution in [3.05, 3.63) is 60.2 Å². The van der Waals surface area contributed by atoms with Crippen LogP contribution in [0.15, 0.2) is 54.6 Å². The quantitative estimate of drug-likeness (QED) is 0.765. The van der Waals surface area contributed by atoms with Crippen molar-refractivity contribution in [3.63, 3.8) is 0 Å². The minimum atomic E-state index is -0.629. The first-order valence-corrected chi connectivity index (χ1v) is 8.37. The van der Waals surface area contributed by atoms with E-state index in [0.717, 1.165) is 16.1 Å². The van der Waals surface area contributed by atoms with E-state index >= 15 is 0 Å². The molecule has 0 unspecified atom stereocenters. The normalized spacial score (nSPS) is 11.8. The van der Waals surface area contributed by atoms with Crippen LogP contribution < -0.4 is 10.1 Å². The number of nitrogens with one attached hydrogen (secondary N) is 1. The van der Waals surface area contributed by atoms with Crippen molar-refractivity contribution >= 4 is 22.4 Å². The number of anilines is 1. The summed E-state index contributed by atoms with van der Waals surface area (Å²) >= 11 is 1.33. The number of aromatic nitrogens is 2. The fourth-order valence-corrected chi connectivity index (χ4v) is 2.86. The summed E-state index contributed by atoms with van der Waals surface area (Å²) in [6.07, 6.45) is -0.629. The summed E-state index contributed by atoms with van der Waals surface area (Å²) in [5, 5.41) is 12.1. The number of para-hydroxylation sites is 1. The Kier molecular flexibility index (Phi) is 4.86. The summed E-state index contributed by atoms with van der Waals surface area (Å²) in [7, 11) is 0. The van der Waals surface area contributed by atoms with Crippen molar-refractivity contribution in [3.8, 4) is 16.3 Å². The van der Waals surface area contributed by atoms with Gasteiger partial charge in [0.15, 0.2) is 6.10 Å². The van der Waals surface area contributed by atoms with Crippen molar-refractivity contribution < 1.29 is 9.53 Å². The lowest BCUT2D eigenvalue weighted by molar-refractivity contribution is -0.122. The van der Waals surface area contributed by atoms with Gasteiger partial charge in [-0.25, -0.2) is 0 Å². The number of carbonyl (C=O) groups is 1. The first kappa shape index (κ1) is 16.1. The maximum atomic E-state index is 12.3. The molecule has 0 aliphatic heterocycles. The van der Waals surface area contributed by atoms with Gasteiger partial charge in [0.05, 0.1) is 0 Å². The standard InChI is InChI=1S/C18H17N3O2S/c1-12-8-6-7-11-15(12)23-13(2)16(22)19-18-21-20-17(24-18)14-9-4-3-5-10-14/h3-11,13H,1-2H3,(H,19,21,22)/t13-/m0/s1. The Morgan fingerprint density at radius 2 is 1.79 bits per heavy atom. The minimum Gasteiger partial charge on any atom is -0.481 e. The number of hydrogen-bond acceptors (Lipinski definition) is 5. The Labute approximate surface area is 144 Å². The van der Waals surface area contributed by atoms with Gasteiger partial charge in [-0.05, 0) is 25.5 Å². The van der Waals surface area contributed by atoms with Gasteiger partial charge < -0.3 is 4.74 Å². The van der Waals surface area contributed by atoms with Crippen LogP contribution in [0, 0.1) is 6.92 Å². The van der Waals surface area contributed by atoms with E-state index in [2.05, 4.69) is 15.5 Å². The molecule has 5 nitrogen and oxygen atoms in total. The van der Waals surface area contributed by atoms with E-state index in [-0.39, 0.29) is 5.91 Å². The van der Waals surface area contributed by atoms with E-state index in [1.165, 1.54) is 11.3 Å². The van der Waals surface area contributed by atoms with Gasteiger partial charge in [0.1, 0.15) is 10.8 Å². The Bertz CT molecular complexity index is 833. The number of carbonyl (C=O) groups excluding carboxylic acids is 1. The predicted octanol–water partition coefficient (Wildman–Crippen LogP) is 3.92. The lowest BCUT2D eigenvalue weighted by Gasteiger charge is -2.15. The highest BCUT2D eigenvalue weighted by Crippen LogP contribution is 2.26. The summed E-state index contributed by atoms with van der Waals surface area (Å²) in [5.41, 5.74) is 1.96. The third-order valence-corrected chi connectivity index (χ3v) is 4.33. The minimum absolute atomic E-state index is 0.256. The zero-order chi connectivity index (χ0) is 16.9. The lowest BCUT2D eigenvalue weighted by atomic mass is 10.2. The van der Waals surface area contributed by atoms with E-state index in [9.17, 15) is 4.79 Å². The molecule has 0 aliphatic carbocycles. The van der Waals surface area contributed by atoms with Crippen molar-refractivity contribution in [2.45, 2.75) is 20.0 Å². The molecule has 0 saturated heterocycles. The van der Waals surface area contributed by atoms with E-state index in [1.54, 1.807) is 6.92 Å². The van der Waals surface area contributed by atoms with Crippen LogP contribution >= 0.6 is 11.3 Å². The maximum Gasteiger partial charge on any atom is 0.266 e. The van der Waals surface area contributed by atoms with E-state index in [0.29, 0.717) is 10.9 Å². The average molecular weight is 339 g/mol. The molecule has 3 rings (SSSR count). The molecule has 1 aromatic heterocycles. The Morgan fingerprint density at radius 1 is 1.08 bits per heavy atom. The predicted molar refractivity (Wildman–Crippen MR) is 95.2 cm³/mol. The molecule has 0 aliphatic rings. The molecule has 1 N–H and O–H groups in total. The van der Waals surface area contributed by atoms with Crippen LogP contribution in [0.1, 0.15) is 12.5 Å². The van der Waals surface area contributed by atoms with Gasteiger partial charge in [0.2, 0.25) is 5.13 Å². The molecule has 0 saturated carbocycles. The molecule has 1 heterocycles. The zero-order valence-electron chi connectivity index (χ0n) is 13.4. The van der Waals surface area contributed by atoms with Crippen molar-refractivity contribution in [2.24, 2.45) is 0 Å². The first-order valence-electron chi connectivity index (χ1n) is 7.55. The van der Waals surface area contributed by atoms with Gasteiger partial charge in [-0.1, -0.05) is 59.9 Å². The number of benzene rings is 2. The molecule has 3 aromatic rings. The average Bonchev–Trinajstić information content (AvgIpc) is 3.06. The SMILES string of the molecule is Cc1ccccc1O[C@@H](C)C(=O)Nc1nnc(-c2ccccc2)s1. The van der Waals surface area contributed by atoms with Gasteiger partial charge in [0, 0.05) is 5.56 Å². The van der Waals surface area contributed by atoms with Crippen LogP contribution in [0.5, 0.6) is 5.75 Å². The molecule has 122 valence electrons.